The number of carbonyl (C=O) groups excluding carboxylic acids is 2. The second kappa shape index (κ2) is 6.89. The predicted molar refractivity (Wildman–Crippen MR) is 73.4 cm³/mol. The average molecular weight is 270 g/mol. The van der Waals surface area contributed by atoms with Gasteiger partial charge >= 0.3 is 5.97 Å². The van der Waals surface area contributed by atoms with Crippen LogP contribution in [0.4, 0.5) is 0 Å². The molecule has 0 atom stereocenters. The Labute approximate surface area is 115 Å². The number of amides is 1. The highest BCUT2D eigenvalue weighted by atomic mass is 16.5. The van der Waals surface area contributed by atoms with Gasteiger partial charge in [-0.15, -0.1) is 0 Å². The molecule has 0 bridgehead atoms. The van der Waals surface area contributed by atoms with E-state index in [0.29, 0.717) is 6.54 Å². The number of hydrogen-bond donors (Lipinski definition) is 1. The van der Waals surface area contributed by atoms with Crippen LogP contribution in [-0.4, -0.2) is 43.0 Å². The van der Waals surface area contributed by atoms with Crippen molar-refractivity contribution < 1.29 is 14.3 Å². The van der Waals surface area contributed by atoms with E-state index in [9.17, 15) is 9.59 Å². The van der Waals surface area contributed by atoms with Gasteiger partial charge in [0.05, 0.1) is 12.5 Å². The van der Waals surface area contributed by atoms with Crippen LogP contribution in [0.1, 0.15) is 46.0 Å². The summed E-state index contributed by atoms with van der Waals surface area (Å²) >= 11 is 0. The van der Waals surface area contributed by atoms with Crippen LogP contribution in [-0.2, 0) is 14.3 Å². The third kappa shape index (κ3) is 3.69. The van der Waals surface area contributed by atoms with Gasteiger partial charge in [0, 0.05) is 12.6 Å². The van der Waals surface area contributed by atoms with Crippen LogP contribution in [0.3, 0.4) is 0 Å². The number of rotatable bonds is 5. The molecule has 1 amide bonds. The molecule has 0 aromatic rings. The minimum absolute atomic E-state index is 0.00868. The summed E-state index contributed by atoms with van der Waals surface area (Å²) in [6.45, 7) is 4.19. The molecule has 110 valence electrons. The Morgan fingerprint density at radius 3 is 2.26 bits per heavy atom. The van der Waals surface area contributed by atoms with Crippen LogP contribution in [0.2, 0.25) is 0 Å². The summed E-state index contributed by atoms with van der Waals surface area (Å²) in [6.07, 6.45) is 4.88. The molecule has 0 unspecified atom stereocenters. The van der Waals surface area contributed by atoms with Crippen LogP contribution in [0.25, 0.3) is 0 Å². The quantitative estimate of drug-likeness (QED) is 0.764. The minimum Gasteiger partial charge on any atom is -0.468 e. The fourth-order valence-corrected chi connectivity index (χ4v) is 2.73. The van der Waals surface area contributed by atoms with E-state index in [1.54, 1.807) is 4.90 Å². The summed E-state index contributed by atoms with van der Waals surface area (Å²) in [5, 5.41) is 0. The topological polar surface area (TPSA) is 72.6 Å². The smallest absolute Gasteiger partial charge is 0.325 e. The Hall–Kier alpha value is -1.10. The van der Waals surface area contributed by atoms with Crippen molar-refractivity contribution in [2.75, 3.05) is 20.2 Å². The fourth-order valence-electron chi connectivity index (χ4n) is 2.73. The van der Waals surface area contributed by atoms with E-state index in [1.807, 2.05) is 13.8 Å². The Morgan fingerprint density at radius 1 is 1.26 bits per heavy atom. The average Bonchev–Trinajstić information content (AvgIpc) is 2.44. The van der Waals surface area contributed by atoms with E-state index in [0.717, 1.165) is 32.1 Å². The van der Waals surface area contributed by atoms with E-state index >= 15 is 0 Å². The molecule has 5 nitrogen and oxygen atoms in total. The van der Waals surface area contributed by atoms with Gasteiger partial charge in [-0.3, -0.25) is 9.59 Å². The molecule has 2 N–H and O–H groups in total. The van der Waals surface area contributed by atoms with Crippen LogP contribution in [0, 0.1) is 5.41 Å². The van der Waals surface area contributed by atoms with E-state index in [2.05, 4.69) is 4.74 Å². The molecule has 1 fully saturated rings. The molecule has 0 aromatic heterocycles. The van der Waals surface area contributed by atoms with Crippen molar-refractivity contribution in [1.82, 2.24) is 4.90 Å². The van der Waals surface area contributed by atoms with Gasteiger partial charge in [0.1, 0.15) is 6.54 Å². The molecule has 19 heavy (non-hydrogen) atoms. The van der Waals surface area contributed by atoms with Crippen LogP contribution >= 0.6 is 0 Å². The summed E-state index contributed by atoms with van der Waals surface area (Å²) in [4.78, 5) is 25.8. The zero-order valence-electron chi connectivity index (χ0n) is 12.3. The molecule has 1 aliphatic carbocycles. The first-order valence-electron chi connectivity index (χ1n) is 7.05. The van der Waals surface area contributed by atoms with E-state index in [1.165, 1.54) is 7.11 Å². The SMILES string of the molecule is COC(=O)CN(C(=O)C1(CN)CCCCC1)C(C)C. The van der Waals surface area contributed by atoms with Gasteiger partial charge in [0.15, 0.2) is 0 Å². The first kappa shape index (κ1) is 16.0. The van der Waals surface area contributed by atoms with Gasteiger partial charge in [-0.1, -0.05) is 19.3 Å². The standard InChI is InChI=1S/C14H26N2O3/c1-11(2)16(9-12(17)19-3)13(18)14(10-15)7-5-4-6-8-14/h11H,4-10,15H2,1-3H3. The highest BCUT2D eigenvalue weighted by Crippen LogP contribution is 2.37. The van der Waals surface area contributed by atoms with Crippen molar-refractivity contribution in [2.24, 2.45) is 11.1 Å². The molecule has 1 saturated carbocycles. The second-order valence-electron chi connectivity index (χ2n) is 5.65. The maximum absolute atomic E-state index is 12.8. The molecular weight excluding hydrogens is 244 g/mol. The lowest BCUT2D eigenvalue weighted by molar-refractivity contribution is -0.154. The molecule has 0 radical (unpaired) electrons. The zero-order valence-corrected chi connectivity index (χ0v) is 12.3. The van der Waals surface area contributed by atoms with Crippen molar-refractivity contribution >= 4 is 11.9 Å². The van der Waals surface area contributed by atoms with Gasteiger partial charge in [0.25, 0.3) is 0 Å². The molecule has 0 saturated heterocycles. The predicted octanol–water partition coefficient (Wildman–Crippen LogP) is 1.31. The number of methoxy groups -OCH3 is 1. The lowest BCUT2D eigenvalue weighted by atomic mass is 9.73. The largest absolute Gasteiger partial charge is 0.468 e. The fraction of sp³-hybridized carbons (Fsp3) is 0.857. The van der Waals surface area contributed by atoms with Crippen molar-refractivity contribution in [2.45, 2.75) is 52.0 Å². The van der Waals surface area contributed by atoms with Gasteiger partial charge in [-0.05, 0) is 26.7 Å². The lowest BCUT2D eigenvalue weighted by Crippen LogP contribution is -2.52. The third-order valence-electron chi connectivity index (χ3n) is 4.07. The maximum atomic E-state index is 12.8. The summed E-state index contributed by atoms with van der Waals surface area (Å²) in [7, 11) is 1.34. The van der Waals surface area contributed by atoms with Crippen LogP contribution < -0.4 is 5.73 Å². The lowest BCUT2D eigenvalue weighted by Gasteiger charge is -2.40. The normalized spacial score (nSPS) is 18.2. The summed E-state index contributed by atoms with van der Waals surface area (Å²) in [6, 6.07) is -0.0306. The molecular formula is C14H26N2O3. The highest BCUT2D eigenvalue weighted by molar-refractivity contribution is 5.87. The Balaban J connectivity index is 2.87. The third-order valence-corrected chi connectivity index (χ3v) is 4.07. The first-order chi connectivity index (χ1) is 8.96. The van der Waals surface area contributed by atoms with Crippen LogP contribution in [0.15, 0.2) is 0 Å². The summed E-state index contributed by atoms with van der Waals surface area (Å²) in [5.41, 5.74) is 5.40. The molecule has 0 spiro atoms. The minimum atomic E-state index is -0.476. The number of hydrogen-bond acceptors (Lipinski definition) is 4. The molecule has 0 heterocycles. The Morgan fingerprint density at radius 2 is 1.84 bits per heavy atom. The van der Waals surface area contributed by atoms with E-state index in [-0.39, 0.29) is 24.5 Å². The van der Waals surface area contributed by atoms with Gasteiger partial charge in [-0.2, -0.15) is 0 Å². The van der Waals surface area contributed by atoms with Gasteiger partial charge in [0.2, 0.25) is 5.91 Å². The van der Waals surface area contributed by atoms with Gasteiger partial charge in [-0.25, -0.2) is 0 Å². The maximum Gasteiger partial charge on any atom is 0.325 e. The Kier molecular flexibility index (Phi) is 5.79. The van der Waals surface area contributed by atoms with E-state index < -0.39 is 5.41 Å². The first-order valence-corrected chi connectivity index (χ1v) is 7.05. The van der Waals surface area contributed by atoms with Crippen LogP contribution in [0.5, 0.6) is 0 Å². The second-order valence-corrected chi connectivity index (χ2v) is 5.65. The van der Waals surface area contributed by atoms with Crippen molar-refractivity contribution in [3.05, 3.63) is 0 Å². The zero-order chi connectivity index (χ0) is 14.5. The molecule has 5 heteroatoms. The molecule has 1 rings (SSSR count). The number of esters is 1. The molecule has 0 aliphatic heterocycles. The van der Waals surface area contributed by atoms with Gasteiger partial charge < -0.3 is 15.4 Å². The number of ether oxygens (including phenoxy) is 1. The van der Waals surface area contributed by atoms with Crippen molar-refractivity contribution in [1.29, 1.82) is 0 Å². The highest BCUT2D eigenvalue weighted by Gasteiger charge is 2.42. The monoisotopic (exact) mass is 270 g/mol. The molecule has 1 aliphatic rings. The number of carbonyl (C=O) groups is 2. The molecule has 0 aromatic carbocycles. The number of nitrogens with zero attached hydrogens (tertiary/aromatic N) is 1. The Bertz CT molecular complexity index is 323. The summed E-state index contributed by atoms with van der Waals surface area (Å²) < 4.78 is 4.67. The number of nitrogens with two attached hydrogens (primary N) is 1. The van der Waals surface area contributed by atoms with Crippen molar-refractivity contribution in [3.63, 3.8) is 0 Å². The van der Waals surface area contributed by atoms with Crippen molar-refractivity contribution in [3.8, 4) is 0 Å². The summed E-state index contributed by atoms with van der Waals surface area (Å²) in [5.74, 6) is -0.375. The van der Waals surface area contributed by atoms with E-state index in [4.69, 9.17) is 5.73 Å².